The predicted molar refractivity (Wildman–Crippen MR) is 119 cm³/mol. The fourth-order valence-corrected chi connectivity index (χ4v) is 4.35. The molecule has 7 nitrogen and oxygen atoms in total. The van der Waals surface area contributed by atoms with Gasteiger partial charge in [-0.25, -0.2) is 9.69 Å². The van der Waals surface area contributed by atoms with E-state index in [4.69, 9.17) is 0 Å². The predicted octanol–water partition coefficient (Wildman–Crippen LogP) is 2.04. The van der Waals surface area contributed by atoms with Gasteiger partial charge in [0.05, 0.1) is 13.1 Å². The minimum absolute atomic E-state index is 0.0396. The van der Waals surface area contributed by atoms with Gasteiger partial charge in [0.1, 0.15) is 6.04 Å². The molecule has 0 saturated carbocycles. The van der Waals surface area contributed by atoms with Gasteiger partial charge in [0.25, 0.3) is 5.91 Å². The second-order valence-corrected chi connectivity index (χ2v) is 8.47. The Hall–Kier alpha value is -3.19. The Balaban J connectivity index is 1.34. The molecule has 31 heavy (non-hydrogen) atoms. The Morgan fingerprint density at radius 3 is 2.32 bits per heavy atom. The van der Waals surface area contributed by atoms with Gasteiger partial charge in [0.15, 0.2) is 6.67 Å². The number of amides is 4. The second-order valence-electron chi connectivity index (χ2n) is 8.47. The van der Waals surface area contributed by atoms with Gasteiger partial charge in [-0.15, -0.1) is 0 Å². The van der Waals surface area contributed by atoms with Crippen molar-refractivity contribution in [1.82, 2.24) is 4.90 Å². The zero-order chi connectivity index (χ0) is 22.0. The monoisotopic (exact) mass is 421 g/mol. The number of hydrogen-bond donors (Lipinski definition) is 2. The molecular formula is C24H29N4O3+. The molecule has 2 N–H and O–H groups in total. The second kappa shape index (κ2) is 8.89. The number of carbonyl (C=O) groups excluding carboxylic acids is 3. The maximum Gasteiger partial charge on any atom is 0.336 e. The zero-order valence-electron chi connectivity index (χ0n) is 18.0. The van der Waals surface area contributed by atoms with Crippen molar-refractivity contribution < 1.29 is 19.3 Å². The van der Waals surface area contributed by atoms with E-state index < -0.39 is 6.04 Å². The summed E-state index contributed by atoms with van der Waals surface area (Å²) in [4.78, 5) is 42.5. The number of anilines is 2. The number of nitrogens with one attached hydrogen (secondary N) is 2. The maximum atomic E-state index is 13.0. The number of imide groups is 1. The highest BCUT2D eigenvalue weighted by atomic mass is 16.2. The first-order valence-corrected chi connectivity index (χ1v) is 10.8. The highest BCUT2D eigenvalue weighted by Gasteiger charge is 2.45. The summed E-state index contributed by atoms with van der Waals surface area (Å²) < 4.78 is 0. The third-order valence-electron chi connectivity index (χ3n) is 6.25. The van der Waals surface area contributed by atoms with E-state index in [0.29, 0.717) is 6.67 Å². The van der Waals surface area contributed by atoms with E-state index in [1.807, 2.05) is 61.5 Å². The quantitative estimate of drug-likeness (QED) is 0.726. The molecule has 4 rings (SSSR count). The molecule has 0 bridgehead atoms. The van der Waals surface area contributed by atoms with Crippen molar-refractivity contribution in [3.63, 3.8) is 0 Å². The number of nitrogens with zero attached hydrogens (tertiary/aromatic N) is 2. The van der Waals surface area contributed by atoms with E-state index in [-0.39, 0.29) is 23.8 Å². The summed E-state index contributed by atoms with van der Waals surface area (Å²) in [6.07, 6.45) is 1.48. The van der Waals surface area contributed by atoms with Crippen molar-refractivity contribution in [2.75, 3.05) is 30.0 Å². The Morgan fingerprint density at radius 2 is 1.68 bits per heavy atom. The topological polar surface area (TPSA) is 74.2 Å². The molecule has 0 unspecified atom stereocenters. The van der Waals surface area contributed by atoms with Crippen LogP contribution in [0.4, 0.5) is 16.2 Å². The number of likely N-dealkylation sites (tertiary alicyclic amines) is 1. The summed E-state index contributed by atoms with van der Waals surface area (Å²) in [6, 6.07) is 16.3. The Labute approximate surface area is 182 Å². The van der Waals surface area contributed by atoms with E-state index in [0.717, 1.165) is 47.8 Å². The summed E-state index contributed by atoms with van der Waals surface area (Å²) in [7, 11) is 0. The average molecular weight is 422 g/mol. The zero-order valence-corrected chi connectivity index (χ0v) is 18.0. The van der Waals surface area contributed by atoms with Crippen LogP contribution in [-0.4, -0.2) is 48.5 Å². The van der Waals surface area contributed by atoms with Crippen LogP contribution in [0.1, 0.15) is 25.3 Å². The van der Waals surface area contributed by atoms with Crippen LogP contribution in [0.2, 0.25) is 0 Å². The Kier molecular flexibility index (Phi) is 6.04. The lowest BCUT2D eigenvalue weighted by Crippen LogP contribution is -3.14. The number of carbonyl (C=O) groups is 3. The number of aryl methyl sites for hydroxylation is 1. The molecule has 2 heterocycles. The van der Waals surface area contributed by atoms with Crippen LogP contribution >= 0.6 is 0 Å². The van der Waals surface area contributed by atoms with Gasteiger partial charge in [-0.05, 0) is 38.1 Å². The van der Waals surface area contributed by atoms with Gasteiger partial charge in [-0.2, -0.15) is 0 Å². The Morgan fingerprint density at radius 1 is 1.03 bits per heavy atom. The van der Waals surface area contributed by atoms with Crippen LogP contribution in [0.15, 0.2) is 54.6 Å². The van der Waals surface area contributed by atoms with Crippen molar-refractivity contribution in [3.05, 3.63) is 60.2 Å². The summed E-state index contributed by atoms with van der Waals surface area (Å²) in [6.45, 7) is 5.61. The number of hydrogen-bond acceptors (Lipinski definition) is 3. The molecule has 2 aromatic rings. The van der Waals surface area contributed by atoms with Crippen molar-refractivity contribution in [3.8, 4) is 0 Å². The third-order valence-corrected chi connectivity index (χ3v) is 6.25. The van der Waals surface area contributed by atoms with Crippen molar-refractivity contribution in [1.29, 1.82) is 0 Å². The summed E-state index contributed by atoms with van der Waals surface area (Å²) in [5, 5.41) is 2.97. The lowest BCUT2D eigenvalue weighted by atomic mass is 9.96. The van der Waals surface area contributed by atoms with Crippen LogP contribution in [0.3, 0.4) is 0 Å². The normalized spacial score (nSPS) is 23.9. The number of piperidine rings is 1. The number of urea groups is 1. The molecular weight excluding hydrogens is 392 g/mol. The third kappa shape index (κ3) is 4.46. The molecule has 2 aliphatic rings. The molecule has 2 fully saturated rings. The molecule has 1 atom stereocenters. The smallest absolute Gasteiger partial charge is 0.326 e. The molecule has 0 aliphatic carbocycles. The van der Waals surface area contributed by atoms with Gasteiger partial charge in [0.2, 0.25) is 5.91 Å². The van der Waals surface area contributed by atoms with Gasteiger partial charge in [-0.1, -0.05) is 35.9 Å². The number of quaternary nitrogens is 1. The van der Waals surface area contributed by atoms with E-state index in [2.05, 4.69) is 5.32 Å². The fraction of sp³-hybridized carbons (Fsp3) is 0.375. The van der Waals surface area contributed by atoms with E-state index in [9.17, 15) is 14.4 Å². The van der Waals surface area contributed by atoms with Gasteiger partial charge >= 0.3 is 6.03 Å². The first-order chi connectivity index (χ1) is 14.9. The minimum Gasteiger partial charge on any atom is -0.326 e. The van der Waals surface area contributed by atoms with Crippen molar-refractivity contribution >= 4 is 29.2 Å². The maximum absolute atomic E-state index is 13.0. The van der Waals surface area contributed by atoms with Crippen molar-refractivity contribution in [2.24, 2.45) is 5.92 Å². The molecule has 7 heteroatoms. The Bertz CT molecular complexity index is 953. The lowest BCUT2D eigenvalue weighted by molar-refractivity contribution is -0.912. The molecule has 0 spiro atoms. The first kappa shape index (κ1) is 21.1. The largest absolute Gasteiger partial charge is 0.336 e. The van der Waals surface area contributed by atoms with Crippen molar-refractivity contribution in [2.45, 2.75) is 32.7 Å². The summed E-state index contributed by atoms with van der Waals surface area (Å²) in [5.74, 6) is -0.170. The molecule has 2 aromatic carbocycles. The summed E-state index contributed by atoms with van der Waals surface area (Å²) in [5.41, 5.74) is 2.65. The molecule has 4 amide bonds. The average Bonchev–Trinajstić information content (AvgIpc) is 2.99. The summed E-state index contributed by atoms with van der Waals surface area (Å²) >= 11 is 0. The SMILES string of the molecule is Cc1ccc(N2C(=O)N(C[NH+]3CCC(C(=O)Nc4ccccc4)CC3)C(=O)[C@H]2C)cc1. The molecule has 162 valence electrons. The molecule has 0 radical (unpaired) electrons. The van der Waals surface area contributed by atoms with Crippen LogP contribution in [-0.2, 0) is 9.59 Å². The van der Waals surface area contributed by atoms with Crippen LogP contribution in [0.5, 0.6) is 0 Å². The van der Waals surface area contributed by atoms with E-state index >= 15 is 0 Å². The number of benzene rings is 2. The molecule has 0 aromatic heterocycles. The fourth-order valence-electron chi connectivity index (χ4n) is 4.35. The van der Waals surface area contributed by atoms with E-state index in [1.165, 1.54) is 4.90 Å². The lowest BCUT2D eigenvalue weighted by Gasteiger charge is -2.30. The highest BCUT2D eigenvalue weighted by molar-refractivity contribution is 6.13. The number of para-hydroxylation sites is 1. The van der Waals surface area contributed by atoms with E-state index in [1.54, 1.807) is 11.8 Å². The van der Waals surface area contributed by atoms with Crippen LogP contribution in [0, 0.1) is 12.8 Å². The standard InChI is InChI=1S/C24H28N4O3/c1-17-8-10-21(11-9-17)28-18(2)23(30)27(24(28)31)16-26-14-12-19(13-15-26)22(29)25-20-6-4-3-5-7-20/h3-11,18-19H,12-16H2,1-2H3,(H,25,29)/p+1/t18-/m1/s1. The molecule has 2 saturated heterocycles. The first-order valence-electron chi connectivity index (χ1n) is 10.8. The number of rotatable bonds is 5. The molecule has 2 aliphatic heterocycles. The highest BCUT2D eigenvalue weighted by Crippen LogP contribution is 2.25. The van der Waals surface area contributed by atoms with Gasteiger partial charge < -0.3 is 10.2 Å². The van der Waals surface area contributed by atoms with Crippen LogP contribution in [0.25, 0.3) is 0 Å². The van der Waals surface area contributed by atoms with Crippen LogP contribution < -0.4 is 15.1 Å². The van der Waals surface area contributed by atoms with Gasteiger partial charge in [0, 0.05) is 30.1 Å². The minimum atomic E-state index is -0.510. The van der Waals surface area contributed by atoms with Gasteiger partial charge in [-0.3, -0.25) is 14.5 Å².